The molecular formula is C27H40FN9O. The fraction of sp³-hybridized carbons (Fsp3) is 0.556. The van der Waals surface area contributed by atoms with Crippen molar-refractivity contribution in [2.45, 2.75) is 58.8 Å². The van der Waals surface area contributed by atoms with E-state index >= 15 is 0 Å². The fourth-order valence-electron chi connectivity index (χ4n) is 4.80. The predicted molar refractivity (Wildman–Crippen MR) is 150 cm³/mol. The summed E-state index contributed by atoms with van der Waals surface area (Å²) in [6.45, 7) is 12.1. The monoisotopic (exact) mass is 525 g/mol. The first-order valence-electron chi connectivity index (χ1n) is 13.4. The number of hydrogen-bond acceptors (Lipinski definition) is 9. The van der Waals surface area contributed by atoms with Crippen LogP contribution in [0.5, 0.6) is 0 Å². The maximum absolute atomic E-state index is 13.9. The Hall–Kier alpha value is -3.15. The van der Waals surface area contributed by atoms with E-state index in [1.807, 2.05) is 24.0 Å². The molecule has 0 amide bonds. The normalized spacial score (nSPS) is 20.2. The highest BCUT2D eigenvalue weighted by Crippen LogP contribution is 2.31. The third-order valence-electron chi connectivity index (χ3n) is 7.12. The molecule has 2 heterocycles. The third-order valence-corrected chi connectivity index (χ3v) is 7.12. The summed E-state index contributed by atoms with van der Waals surface area (Å²) < 4.78 is 15.6. The van der Waals surface area contributed by atoms with Crippen LogP contribution in [-0.2, 0) is 6.54 Å². The van der Waals surface area contributed by atoms with Crippen molar-refractivity contribution in [1.29, 1.82) is 0 Å². The van der Waals surface area contributed by atoms with Crippen LogP contribution in [0.4, 0.5) is 4.39 Å². The molecule has 1 aliphatic carbocycles. The highest BCUT2D eigenvalue weighted by molar-refractivity contribution is 5.91. The lowest BCUT2D eigenvalue weighted by Crippen LogP contribution is -2.55. The number of halogens is 1. The SMILES string of the molecule is C=CN(CC(C)C)N(C)C1N=CN=C(N)C1CNN[C@@H](CC)c1nc2ccc(F)cc2c(=O)n1CC1CC1. The van der Waals surface area contributed by atoms with E-state index in [0.29, 0.717) is 53.9 Å². The minimum absolute atomic E-state index is 0.203. The van der Waals surface area contributed by atoms with Gasteiger partial charge in [-0.3, -0.25) is 19.8 Å². The number of nitrogens with one attached hydrogen (secondary N) is 2. The van der Waals surface area contributed by atoms with Crippen molar-refractivity contribution >= 4 is 23.1 Å². The Morgan fingerprint density at radius 1 is 1.34 bits per heavy atom. The van der Waals surface area contributed by atoms with Gasteiger partial charge in [-0.05, 0) is 49.3 Å². The Kier molecular flexibility index (Phi) is 8.91. The average Bonchev–Trinajstić information content (AvgIpc) is 3.72. The van der Waals surface area contributed by atoms with Crippen molar-refractivity contribution in [3.8, 4) is 0 Å². The molecule has 0 spiro atoms. The topological polar surface area (TPSA) is 116 Å². The highest BCUT2D eigenvalue weighted by atomic mass is 19.1. The third kappa shape index (κ3) is 6.28. The summed E-state index contributed by atoms with van der Waals surface area (Å²) >= 11 is 0. The molecule has 1 aromatic heterocycles. The van der Waals surface area contributed by atoms with E-state index in [1.54, 1.807) is 16.8 Å². The smallest absolute Gasteiger partial charge is 0.261 e. The molecule has 3 atom stereocenters. The van der Waals surface area contributed by atoms with Crippen molar-refractivity contribution in [3.63, 3.8) is 0 Å². The van der Waals surface area contributed by atoms with Crippen molar-refractivity contribution in [2.24, 2.45) is 33.5 Å². The molecule has 1 aromatic carbocycles. The molecule has 0 radical (unpaired) electrons. The van der Waals surface area contributed by atoms with Gasteiger partial charge in [-0.25, -0.2) is 19.8 Å². The van der Waals surface area contributed by atoms with Crippen molar-refractivity contribution < 1.29 is 4.39 Å². The van der Waals surface area contributed by atoms with E-state index in [2.05, 4.69) is 41.3 Å². The van der Waals surface area contributed by atoms with E-state index in [9.17, 15) is 9.18 Å². The van der Waals surface area contributed by atoms with E-state index in [0.717, 1.165) is 19.4 Å². The Labute approximate surface area is 223 Å². The number of nitrogens with two attached hydrogens (primary N) is 1. The van der Waals surface area contributed by atoms with E-state index in [1.165, 1.54) is 18.5 Å². The summed E-state index contributed by atoms with van der Waals surface area (Å²) in [5.41, 5.74) is 13.3. The molecule has 4 rings (SSSR count). The summed E-state index contributed by atoms with van der Waals surface area (Å²) in [6, 6.07) is 3.93. The molecule has 1 saturated carbocycles. The number of amidine groups is 1. The molecule has 11 heteroatoms. The first-order chi connectivity index (χ1) is 18.2. The van der Waals surface area contributed by atoms with Gasteiger partial charge in [0.05, 0.1) is 22.9 Å². The molecular weight excluding hydrogens is 485 g/mol. The number of aliphatic imine (C=N–C) groups is 2. The molecule has 10 nitrogen and oxygen atoms in total. The van der Waals surface area contributed by atoms with Crippen LogP contribution >= 0.6 is 0 Å². The Balaban J connectivity index is 1.53. The van der Waals surface area contributed by atoms with Gasteiger partial charge in [-0.15, -0.1) is 0 Å². The summed E-state index contributed by atoms with van der Waals surface area (Å²) in [5.74, 6) is 1.39. The number of hydrogen-bond donors (Lipinski definition) is 3. The van der Waals surface area contributed by atoms with Gasteiger partial charge in [0.2, 0.25) is 0 Å². The van der Waals surface area contributed by atoms with Gasteiger partial charge in [0, 0.05) is 32.9 Å². The molecule has 0 bridgehead atoms. The number of rotatable bonds is 13. The minimum atomic E-state index is -0.439. The first-order valence-corrected chi connectivity index (χ1v) is 13.4. The fourth-order valence-corrected chi connectivity index (χ4v) is 4.80. The Morgan fingerprint density at radius 2 is 2.11 bits per heavy atom. The van der Waals surface area contributed by atoms with Crippen molar-refractivity contribution in [3.05, 3.63) is 53.0 Å². The quantitative estimate of drug-likeness (QED) is 0.344. The Bertz CT molecular complexity index is 1250. The van der Waals surface area contributed by atoms with Gasteiger partial charge in [0.1, 0.15) is 30.0 Å². The maximum Gasteiger partial charge on any atom is 0.261 e. The molecule has 206 valence electrons. The lowest BCUT2D eigenvalue weighted by atomic mass is 10.0. The Morgan fingerprint density at radius 3 is 2.76 bits per heavy atom. The van der Waals surface area contributed by atoms with Crippen LogP contribution in [0.3, 0.4) is 0 Å². The van der Waals surface area contributed by atoms with E-state index < -0.39 is 5.82 Å². The van der Waals surface area contributed by atoms with Crippen LogP contribution in [0.15, 0.2) is 45.8 Å². The number of nitrogens with zero attached hydrogens (tertiary/aromatic N) is 6. The first kappa shape index (κ1) is 27.9. The summed E-state index contributed by atoms with van der Waals surface area (Å²) in [4.78, 5) is 27.0. The second kappa shape index (κ2) is 12.1. The second-order valence-electron chi connectivity index (χ2n) is 10.6. The van der Waals surface area contributed by atoms with Gasteiger partial charge in [-0.1, -0.05) is 27.4 Å². The van der Waals surface area contributed by atoms with Crippen molar-refractivity contribution in [2.75, 3.05) is 20.1 Å². The molecule has 38 heavy (non-hydrogen) atoms. The zero-order chi connectivity index (χ0) is 27.4. The van der Waals surface area contributed by atoms with Crippen LogP contribution < -0.4 is 22.1 Å². The number of aromatic nitrogens is 2. The molecule has 0 saturated heterocycles. The molecule has 2 unspecified atom stereocenters. The van der Waals surface area contributed by atoms with Crippen LogP contribution in [-0.4, -0.2) is 58.0 Å². The van der Waals surface area contributed by atoms with Crippen LogP contribution in [0.1, 0.15) is 51.9 Å². The minimum Gasteiger partial charge on any atom is -0.387 e. The second-order valence-corrected chi connectivity index (χ2v) is 10.6. The average molecular weight is 526 g/mol. The van der Waals surface area contributed by atoms with E-state index in [4.69, 9.17) is 10.7 Å². The van der Waals surface area contributed by atoms with Gasteiger partial charge >= 0.3 is 0 Å². The standard InChI is InChI=1S/C27H40FN9O/c1-6-22(26-33-23-11-10-19(28)12-20(23)27(38)37(26)15-18-8-9-18)34-32-13-21-24(29)30-16-31-25(21)35(5)36(7-2)14-17(3)4/h7,10-12,16-18,21-22,25,32,34H,2,6,8-9,13-15H2,1,3-5H3,(H2,29,30,31)/t21?,22-,25?/m0/s1. The van der Waals surface area contributed by atoms with Gasteiger partial charge < -0.3 is 10.7 Å². The molecule has 1 fully saturated rings. The number of fused-ring (bicyclic) bond motifs is 1. The van der Waals surface area contributed by atoms with Gasteiger partial charge in [-0.2, -0.15) is 5.01 Å². The summed E-state index contributed by atoms with van der Waals surface area (Å²) in [5, 5.41) is 4.38. The van der Waals surface area contributed by atoms with E-state index in [-0.39, 0.29) is 23.7 Å². The largest absolute Gasteiger partial charge is 0.387 e. The summed E-state index contributed by atoms with van der Waals surface area (Å²) in [6.07, 6.45) is 5.90. The maximum atomic E-state index is 13.9. The van der Waals surface area contributed by atoms with Crippen LogP contribution in [0, 0.1) is 23.6 Å². The summed E-state index contributed by atoms with van der Waals surface area (Å²) in [7, 11) is 1.97. The zero-order valence-corrected chi connectivity index (χ0v) is 22.8. The predicted octanol–water partition coefficient (Wildman–Crippen LogP) is 2.78. The molecule has 2 aliphatic rings. The molecule has 4 N–H and O–H groups in total. The molecule has 2 aromatic rings. The molecule has 1 aliphatic heterocycles. The van der Waals surface area contributed by atoms with Gasteiger partial charge in [0.25, 0.3) is 5.56 Å². The highest BCUT2D eigenvalue weighted by Gasteiger charge is 2.32. The van der Waals surface area contributed by atoms with Crippen LogP contribution in [0.25, 0.3) is 10.9 Å². The number of benzene rings is 1. The van der Waals surface area contributed by atoms with Gasteiger partial charge in [0.15, 0.2) is 0 Å². The lowest BCUT2D eigenvalue weighted by Gasteiger charge is -2.40. The van der Waals surface area contributed by atoms with Crippen molar-refractivity contribution in [1.82, 2.24) is 30.4 Å². The van der Waals surface area contributed by atoms with Crippen LogP contribution in [0.2, 0.25) is 0 Å². The number of hydrazine groups is 2. The zero-order valence-electron chi connectivity index (χ0n) is 22.8. The lowest BCUT2D eigenvalue weighted by molar-refractivity contribution is -0.0116.